The maximum Gasteiger partial charge on any atom is 0.302 e. The molecular formula is C21H32O3. The molecule has 0 aromatic heterocycles. The molecule has 0 aliphatic heterocycles. The third-order valence-electron chi connectivity index (χ3n) is 8.64. The third-order valence-corrected chi connectivity index (χ3v) is 8.64. The molecule has 4 rings (SSSR count). The second-order valence-corrected chi connectivity index (χ2v) is 9.63. The minimum atomic E-state index is -0.127. The van der Waals surface area contributed by atoms with Crippen molar-refractivity contribution in [3.05, 3.63) is 0 Å². The number of carbonyl (C=O) groups is 2. The van der Waals surface area contributed by atoms with Crippen LogP contribution in [0.3, 0.4) is 0 Å². The summed E-state index contributed by atoms with van der Waals surface area (Å²) in [6.45, 7) is 6.34. The molecule has 0 amide bonds. The van der Waals surface area contributed by atoms with Crippen LogP contribution < -0.4 is 0 Å². The van der Waals surface area contributed by atoms with E-state index in [4.69, 9.17) is 4.74 Å². The van der Waals surface area contributed by atoms with Crippen molar-refractivity contribution in [3.8, 4) is 0 Å². The van der Waals surface area contributed by atoms with Gasteiger partial charge in [0, 0.05) is 25.2 Å². The summed E-state index contributed by atoms with van der Waals surface area (Å²) >= 11 is 0. The first-order valence-electron chi connectivity index (χ1n) is 10.0. The number of ketones is 1. The van der Waals surface area contributed by atoms with Gasteiger partial charge in [-0.3, -0.25) is 9.59 Å². The standard InChI is InChI=1S/C21H32O3/c1-13(22)24-19-9-8-17-16-7-5-14-4-6-15(23)12-21(14,3)18(16)10-11-20(17,19)2/h14,16-19H,4-12H2,1-3H3/t14-,16-,17-,18-,19+,20-,21-/m0/s1. The molecule has 7 atom stereocenters. The molecule has 3 heteroatoms. The Balaban J connectivity index is 1.60. The molecule has 4 aliphatic rings. The number of Topliss-reactive ketones (excluding diaryl/α,β-unsaturated/α-hetero) is 1. The molecular weight excluding hydrogens is 300 g/mol. The van der Waals surface area contributed by atoms with E-state index in [9.17, 15) is 9.59 Å². The van der Waals surface area contributed by atoms with Crippen LogP contribution in [0.5, 0.6) is 0 Å². The van der Waals surface area contributed by atoms with Crippen molar-refractivity contribution >= 4 is 11.8 Å². The smallest absolute Gasteiger partial charge is 0.302 e. The number of rotatable bonds is 1. The molecule has 0 N–H and O–H groups in total. The summed E-state index contributed by atoms with van der Waals surface area (Å²) in [5.41, 5.74) is 0.397. The lowest BCUT2D eigenvalue weighted by Gasteiger charge is -2.59. The highest BCUT2D eigenvalue weighted by Gasteiger charge is 2.61. The van der Waals surface area contributed by atoms with Crippen LogP contribution in [0, 0.1) is 34.5 Å². The molecule has 0 saturated heterocycles. The second-order valence-electron chi connectivity index (χ2n) is 9.63. The van der Waals surface area contributed by atoms with Gasteiger partial charge in [-0.2, -0.15) is 0 Å². The van der Waals surface area contributed by atoms with Crippen LogP contribution in [0.2, 0.25) is 0 Å². The molecule has 0 radical (unpaired) electrons. The first-order valence-corrected chi connectivity index (χ1v) is 10.0. The molecule has 0 unspecified atom stereocenters. The lowest BCUT2D eigenvalue weighted by molar-refractivity contribution is -0.163. The molecule has 0 bridgehead atoms. The zero-order chi connectivity index (χ0) is 17.1. The van der Waals surface area contributed by atoms with Crippen LogP contribution >= 0.6 is 0 Å². The lowest BCUT2D eigenvalue weighted by Crippen LogP contribution is -2.54. The number of fused-ring (bicyclic) bond motifs is 5. The van der Waals surface area contributed by atoms with E-state index >= 15 is 0 Å². The fourth-order valence-corrected chi connectivity index (χ4v) is 7.48. The topological polar surface area (TPSA) is 43.4 Å². The Hall–Kier alpha value is -0.860. The van der Waals surface area contributed by atoms with E-state index in [-0.39, 0.29) is 22.9 Å². The van der Waals surface area contributed by atoms with E-state index in [1.165, 1.54) is 25.7 Å². The normalized spacial score (nSPS) is 50.6. The van der Waals surface area contributed by atoms with Crippen molar-refractivity contribution in [2.75, 3.05) is 0 Å². The van der Waals surface area contributed by atoms with E-state index < -0.39 is 0 Å². The predicted octanol–water partition coefficient (Wildman–Crippen LogP) is 4.53. The Bertz CT molecular complexity index is 555. The van der Waals surface area contributed by atoms with Crippen LogP contribution in [0.4, 0.5) is 0 Å². The summed E-state index contributed by atoms with van der Waals surface area (Å²) in [7, 11) is 0. The van der Waals surface area contributed by atoms with Crippen LogP contribution in [0.1, 0.15) is 78.6 Å². The highest BCUT2D eigenvalue weighted by Crippen LogP contribution is 2.66. The van der Waals surface area contributed by atoms with Crippen LogP contribution in [-0.2, 0) is 14.3 Å². The van der Waals surface area contributed by atoms with E-state index in [1.807, 2.05) is 0 Å². The van der Waals surface area contributed by atoms with E-state index in [2.05, 4.69) is 13.8 Å². The van der Waals surface area contributed by atoms with Gasteiger partial charge in [-0.25, -0.2) is 0 Å². The van der Waals surface area contributed by atoms with Crippen molar-refractivity contribution in [1.82, 2.24) is 0 Å². The molecule has 134 valence electrons. The first-order chi connectivity index (χ1) is 11.3. The highest BCUT2D eigenvalue weighted by atomic mass is 16.5. The quantitative estimate of drug-likeness (QED) is 0.663. The Kier molecular flexibility index (Phi) is 3.85. The van der Waals surface area contributed by atoms with Gasteiger partial charge in [0.25, 0.3) is 0 Å². The molecule has 0 aromatic carbocycles. The summed E-state index contributed by atoms with van der Waals surface area (Å²) in [5.74, 6) is 3.23. The van der Waals surface area contributed by atoms with Gasteiger partial charge in [0.15, 0.2) is 0 Å². The van der Waals surface area contributed by atoms with Crippen LogP contribution in [-0.4, -0.2) is 17.9 Å². The number of carbonyl (C=O) groups excluding carboxylic acids is 2. The minimum absolute atomic E-state index is 0.111. The van der Waals surface area contributed by atoms with Crippen molar-refractivity contribution in [1.29, 1.82) is 0 Å². The third kappa shape index (κ3) is 2.29. The number of ether oxygens (including phenoxy) is 1. The van der Waals surface area contributed by atoms with E-state index in [1.54, 1.807) is 6.92 Å². The highest BCUT2D eigenvalue weighted by molar-refractivity contribution is 5.80. The SMILES string of the molecule is CC(=O)O[C@@H]1CC[C@H]2[C@@H]3CC[C@@H]4CCC(=O)C[C@]4(C)[C@H]3CC[C@]12C. The summed E-state index contributed by atoms with van der Waals surface area (Å²) in [5, 5.41) is 0. The number of hydrogen-bond acceptors (Lipinski definition) is 3. The molecule has 3 nitrogen and oxygen atoms in total. The van der Waals surface area contributed by atoms with Crippen molar-refractivity contribution in [3.63, 3.8) is 0 Å². The fourth-order valence-electron chi connectivity index (χ4n) is 7.48. The van der Waals surface area contributed by atoms with Crippen molar-refractivity contribution < 1.29 is 14.3 Å². The zero-order valence-electron chi connectivity index (χ0n) is 15.5. The molecule has 4 aliphatic carbocycles. The van der Waals surface area contributed by atoms with Gasteiger partial charge >= 0.3 is 5.97 Å². The van der Waals surface area contributed by atoms with E-state index in [0.717, 1.165) is 43.9 Å². The number of hydrogen-bond donors (Lipinski definition) is 0. The average Bonchev–Trinajstić information content (AvgIpc) is 2.82. The van der Waals surface area contributed by atoms with Gasteiger partial charge in [0.05, 0.1) is 0 Å². The van der Waals surface area contributed by atoms with Gasteiger partial charge in [-0.15, -0.1) is 0 Å². The fraction of sp³-hybridized carbons (Fsp3) is 0.905. The Morgan fingerprint density at radius 1 is 1.00 bits per heavy atom. The molecule has 4 fully saturated rings. The maximum atomic E-state index is 12.2. The maximum absolute atomic E-state index is 12.2. The molecule has 4 saturated carbocycles. The van der Waals surface area contributed by atoms with Crippen LogP contribution in [0.15, 0.2) is 0 Å². The summed E-state index contributed by atoms with van der Waals surface area (Å²) in [6, 6.07) is 0. The van der Waals surface area contributed by atoms with Gasteiger partial charge in [-0.05, 0) is 74.0 Å². The Labute approximate surface area is 145 Å². The van der Waals surface area contributed by atoms with Gasteiger partial charge in [0.1, 0.15) is 11.9 Å². The van der Waals surface area contributed by atoms with E-state index in [0.29, 0.717) is 17.6 Å². The van der Waals surface area contributed by atoms with Gasteiger partial charge in [-0.1, -0.05) is 13.8 Å². The monoisotopic (exact) mass is 332 g/mol. The van der Waals surface area contributed by atoms with Crippen LogP contribution in [0.25, 0.3) is 0 Å². The molecule has 0 heterocycles. The summed E-state index contributed by atoms with van der Waals surface area (Å²) in [6.07, 6.45) is 10.1. The van der Waals surface area contributed by atoms with Crippen molar-refractivity contribution in [2.45, 2.75) is 84.7 Å². The zero-order valence-corrected chi connectivity index (χ0v) is 15.5. The number of esters is 1. The summed E-state index contributed by atoms with van der Waals surface area (Å²) < 4.78 is 5.72. The molecule has 0 aromatic rings. The minimum Gasteiger partial charge on any atom is -0.462 e. The largest absolute Gasteiger partial charge is 0.462 e. The van der Waals surface area contributed by atoms with Gasteiger partial charge in [0.2, 0.25) is 0 Å². The second kappa shape index (κ2) is 5.57. The van der Waals surface area contributed by atoms with Gasteiger partial charge < -0.3 is 4.74 Å². The first kappa shape index (κ1) is 16.6. The Morgan fingerprint density at radius 3 is 2.50 bits per heavy atom. The molecule has 24 heavy (non-hydrogen) atoms. The van der Waals surface area contributed by atoms with Crippen molar-refractivity contribution in [2.24, 2.45) is 34.5 Å². The average molecular weight is 332 g/mol. The Morgan fingerprint density at radius 2 is 1.75 bits per heavy atom. The molecule has 0 spiro atoms. The lowest BCUT2D eigenvalue weighted by atomic mass is 9.45. The predicted molar refractivity (Wildman–Crippen MR) is 92.3 cm³/mol. The summed E-state index contributed by atoms with van der Waals surface area (Å²) in [4.78, 5) is 23.7.